The van der Waals surface area contributed by atoms with E-state index in [1.165, 1.54) is 0 Å². The quantitative estimate of drug-likeness (QED) is 0.537. The monoisotopic (exact) mass is 453 g/mol. The fraction of sp³-hybridized carbons (Fsp3) is 0.385. The molecule has 1 fully saturated rings. The predicted molar refractivity (Wildman–Crippen MR) is 126 cm³/mol. The van der Waals surface area contributed by atoms with E-state index in [0.29, 0.717) is 22.2 Å². The third-order valence-corrected chi connectivity index (χ3v) is 6.43. The fourth-order valence-electron chi connectivity index (χ4n) is 4.52. The molecule has 3 aromatic rings. The van der Waals surface area contributed by atoms with Gasteiger partial charge < -0.3 is 14.6 Å². The molecule has 1 aliphatic rings. The summed E-state index contributed by atoms with van der Waals surface area (Å²) in [5.41, 5.74) is 0.520. The van der Waals surface area contributed by atoms with E-state index >= 15 is 0 Å². The van der Waals surface area contributed by atoms with Crippen molar-refractivity contribution in [3.8, 4) is 11.6 Å². The molecule has 0 amide bonds. The lowest BCUT2D eigenvalue weighted by Gasteiger charge is -2.47. The number of para-hydroxylation sites is 1. The lowest BCUT2D eigenvalue weighted by Crippen LogP contribution is -2.60. The SMILES string of the molecule is CCc1ccc(Oc2ccc3cccc(Cl)c3n2)cc1C1C(=O)C(C)(C)OC(C)(C)C1O. The molecular weight excluding hydrogens is 426 g/mol. The number of aliphatic hydroxyl groups is 1. The van der Waals surface area contributed by atoms with E-state index in [9.17, 15) is 9.90 Å². The molecule has 1 N–H and O–H groups in total. The molecule has 5 nitrogen and oxygen atoms in total. The molecule has 2 heterocycles. The summed E-state index contributed by atoms with van der Waals surface area (Å²) in [6.07, 6.45) is -0.265. The van der Waals surface area contributed by atoms with Crippen molar-refractivity contribution in [2.45, 2.75) is 64.3 Å². The van der Waals surface area contributed by atoms with Crippen molar-refractivity contribution in [3.63, 3.8) is 0 Å². The lowest BCUT2D eigenvalue weighted by molar-refractivity contribution is -0.210. The summed E-state index contributed by atoms with van der Waals surface area (Å²) >= 11 is 6.29. The first-order valence-corrected chi connectivity index (χ1v) is 11.2. The predicted octanol–water partition coefficient (Wildman–Crippen LogP) is 5.84. The molecule has 168 valence electrons. The Morgan fingerprint density at radius 2 is 1.88 bits per heavy atom. The molecule has 2 unspecified atom stereocenters. The number of ketones is 1. The summed E-state index contributed by atoms with van der Waals surface area (Å²) in [7, 11) is 0. The number of rotatable bonds is 4. The van der Waals surface area contributed by atoms with Crippen molar-refractivity contribution in [3.05, 3.63) is 64.7 Å². The standard InChI is InChI=1S/C26H28ClNO4/c1-6-15-10-12-17(31-20-13-11-16-8-7-9-19(27)22(16)28-20)14-18(15)21-23(29)25(2,3)32-26(4,5)24(21)30/h7-14,21,23,29H,6H2,1-5H3. The Bertz CT molecular complexity index is 1190. The zero-order valence-electron chi connectivity index (χ0n) is 19.0. The first-order valence-electron chi connectivity index (χ1n) is 10.8. The van der Waals surface area contributed by atoms with Gasteiger partial charge in [-0.05, 0) is 69.5 Å². The molecule has 0 saturated carbocycles. The maximum absolute atomic E-state index is 13.3. The number of aromatic nitrogens is 1. The number of halogens is 1. The first kappa shape index (κ1) is 22.7. The molecule has 0 aliphatic carbocycles. The number of carbonyl (C=O) groups is 1. The van der Waals surface area contributed by atoms with Gasteiger partial charge in [0.05, 0.1) is 28.2 Å². The van der Waals surface area contributed by atoms with Crippen molar-refractivity contribution < 1.29 is 19.4 Å². The summed E-state index contributed by atoms with van der Waals surface area (Å²) in [4.78, 5) is 17.9. The number of ether oxygens (including phenoxy) is 2. The van der Waals surface area contributed by atoms with Crippen LogP contribution in [0.1, 0.15) is 51.7 Å². The number of aliphatic hydroxyl groups excluding tert-OH is 1. The zero-order valence-corrected chi connectivity index (χ0v) is 19.7. The number of fused-ring (bicyclic) bond motifs is 1. The molecule has 4 rings (SSSR count). The van der Waals surface area contributed by atoms with Gasteiger partial charge in [0.15, 0.2) is 5.78 Å². The highest BCUT2D eigenvalue weighted by molar-refractivity contribution is 6.35. The average molecular weight is 454 g/mol. The molecule has 0 spiro atoms. The molecular formula is C26H28ClNO4. The summed E-state index contributed by atoms with van der Waals surface area (Å²) in [5.74, 6) is 0.0802. The van der Waals surface area contributed by atoms with Crippen LogP contribution in [0, 0.1) is 0 Å². The van der Waals surface area contributed by atoms with Gasteiger partial charge in [-0.25, -0.2) is 4.98 Å². The minimum absolute atomic E-state index is 0.146. The second-order valence-electron chi connectivity index (χ2n) is 9.28. The number of hydrogen-bond donors (Lipinski definition) is 1. The van der Waals surface area contributed by atoms with Crippen LogP contribution in [0.2, 0.25) is 5.02 Å². The van der Waals surface area contributed by atoms with Crippen LogP contribution in [0.4, 0.5) is 0 Å². The molecule has 6 heteroatoms. The number of hydrogen-bond acceptors (Lipinski definition) is 5. The van der Waals surface area contributed by atoms with Crippen LogP contribution in [0.25, 0.3) is 10.9 Å². The third kappa shape index (κ3) is 4.01. The topological polar surface area (TPSA) is 68.7 Å². The van der Waals surface area contributed by atoms with Gasteiger partial charge in [-0.15, -0.1) is 0 Å². The zero-order chi connectivity index (χ0) is 23.3. The third-order valence-electron chi connectivity index (χ3n) is 6.12. The van der Waals surface area contributed by atoms with Crippen LogP contribution in [-0.4, -0.2) is 33.2 Å². The fourth-order valence-corrected chi connectivity index (χ4v) is 4.74. The van der Waals surface area contributed by atoms with Crippen molar-refractivity contribution in [2.75, 3.05) is 0 Å². The van der Waals surface area contributed by atoms with Crippen molar-refractivity contribution in [1.82, 2.24) is 4.98 Å². The van der Waals surface area contributed by atoms with Crippen LogP contribution in [0.5, 0.6) is 11.6 Å². The van der Waals surface area contributed by atoms with Crippen LogP contribution in [0.3, 0.4) is 0 Å². The number of Topliss-reactive ketones (excluding diaryl/α,β-unsaturated/α-hetero) is 1. The summed E-state index contributed by atoms with van der Waals surface area (Å²) < 4.78 is 12.0. The second kappa shape index (κ2) is 8.14. The van der Waals surface area contributed by atoms with Gasteiger partial charge >= 0.3 is 0 Å². The van der Waals surface area contributed by atoms with Crippen LogP contribution in [0.15, 0.2) is 48.5 Å². The van der Waals surface area contributed by atoms with Gasteiger partial charge in [-0.1, -0.05) is 36.7 Å². The van der Waals surface area contributed by atoms with Gasteiger partial charge in [0.2, 0.25) is 5.88 Å². The van der Waals surface area contributed by atoms with Crippen LogP contribution < -0.4 is 4.74 Å². The Morgan fingerprint density at radius 3 is 2.59 bits per heavy atom. The second-order valence-corrected chi connectivity index (χ2v) is 9.69. The molecule has 1 aromatic heterocycles. The Balaban J connectivity index is 1.75. The molecule has 1 aliphatic heterocycles. The highest BCUT2D eigenvalue weighted by atomic mass is 35.5. The Morgan fingerprint density at radius 1 is 1.12 bits per heavy atom. The van der Waals surface area contributed by atoms with Gasteiger partial charge in [-0.3, -0.25) is 4.79 Å². The van der Waals surface area contributed by atoms with Gasteiger partial charge in [0.1, 0.15) is 11.4 Å². The smallest absolute Gasteiger partial charge is 0.219 e. The highest BCUT2D eigenvalue weighted by Crippen LogP contribution is 2.43. The molecule has 0 bridgehead atoms. The summed E-state index contributed by atoms with van der Waals surface area (Å²) in [6, 6.07) is 14.9. The van der Waals surface area contributed by atoms with Crippen molar-refractivity contribution in [1.29, 1.82) is 0 Å². The Labute approximate surface area is 193 Å². The largest absolute Gasteiger partial charge is 0.439 e. The van der Waals surface area contributed by atoms with E-state index in [0.717, 1.165) is 22.9 Å². The molecule has 1 saturated heterocycles. The molecule has 0 radical (unpaired) electrons. The number of carbonyl (C=O) groups excluding carboxylic acids is 1. The number of benzene rings is 2. The van der Waals surface area contributed by atoms with E-state index in [1.54, 1.807) is 26.0 Å². The Kier molecular flexibility index (Phi) is 5.78. The van der Waals surface area contributed by atoms with E-state index in [-0.39, 0.29) is 5.78 Å². The molecule has 2 aromatic carbocycles. The maximum atomic E-state index is 13.3. The minimum Gasteiger partial charge on any atom is -0.439 e. The van der Waals surface area contributed by atoms with Gasteiger partial charge in [-0.2, -0.15) is 0 Å². The van der Waals surface area contributed by atoms with E-state index < -0.39 is 23.2 Å². The number of nitrogens with zero attached hydrogens (tertiary/aromatic N) is 1. The van der Waals surface area contributed by atoms with Crippen LogP contribution >= 0.6 is 11.6 Å². The average Bonchev–Trinajstić information content (AvgIpc) is 2.73. The first-order chi connectivity index (χ1) is 15.0. The van der Waals surface area contributed by atoms with E-state index in [2.05, 4.69) is 4.98 Å². The van der Waals surface area contributed by atoms with Gasteiger partial charge in [0, 0.05) is 11.5 Å². The van der Waals surface area contributed by atoms with E-state index in [1.807, 2.05) is 57.2 Å². The maximum Gasteiger partial charge on any atom is 0.219 e. The van der Waals surface area contributed by atoms with E-state index in [4.69, 9.17) is 21.1 Å². The van der Waals surface area contributed by atoms with Crippen molar-refractivity contribution >= 4 is 28.3 Å². The normalized spacial score (nSPS) is 22.2. The number of aryl methyl sites for hydroxylation is 1. The lowest BCUT2D eigenvalue weighted by atomic mass is 9.72. The van der Waals surface area contributed by atoms with Crippen LogP contribution in [-0.2, 0) is 16.0 Å². The number of pyridine rings is 1. The molecule has 2 atom stereocenters. The minimum atomic E-state index is -1.01. The summed E-state index contributed by atoms with van der Waals surface area (Å²) in [5, 5.41) is 12.6. The summed E-state index contributed by atoms with van der Waals surface area (Å²) in [6.45, 7) is 9.16. The molecule has 32 heavy (non-hydrogen) atoms. The Hall–Kier alpha value is -2.47. The van der Waals surface area contributed by atoms with Crippen molar-refractivity contribution in [2.24, 2.45) is 0 Å². The van der Waals surface area contributed by atoms with Gasteiger partial charge in [0.25, 0.3) is 0 Å². The highest BCUT2D eigenvalue weighted by Gasteiger charge is 2.53.